The van der Waals surface area contributed by atoms with Gasteiger partial charge in [-0.05, 0) is 32.6 Å². The van der Waals surface area contributed by atoms with Crippen molar-refractivity contribution in [2.45, 2.75) is 45.4 Å². The van der Waals surface area contributed by atoms with E-state index in [1.54, 1.807) is 6.92 Å². The van der Waals surface area contributed by atoms with Crippen LogP contribution >= 0.6 is 0 Å². The third-order valence-electron chi connectivity index (χ3n) is 1.98. The lowest BCUT2D eigenvalue weighted by Gasteiger charge is -2.03. The number of Topliss-reactive ketones (excluding diaryl/α,β-unsaturated/α-hetero) is 1. The number of esters is 1. The summed E-state index contributed by atoms with van der Waals surface area (Å²) < 4.78 is 4.92. The van der Waals surface area contributed by atoms with Crippen LogP contribution in [0, 0.1) is 0 Å². The lowest BCUT2D eigenvalue weighted by atomic mass is 10.1. The number of carbonyl (C=O) groups is 2. The van der Waals surface area contributed by atoms with Gasteiger partial charge in [0, 0.05) is 19.4 Å². The molecule has 88 valence electrons. The van der Waals surface area contributed by atoms with Gasteiger partial charge in [0.15, 0.2) is 0 Å². The van der Waals surface area contributed by atoms with E-state index in [0.29, 0.717) is 38.7 Å². The van der Waals surface area contributed by atoms with Crippen LogP contribution in [0.2, 0.25) is 0 Å². The van der Waals surface area contributed by atoms with E-state index in [1.165, 1.54) is 0 Å². The molecule has 0 aromatic carbocycles. The molecule has 4 nitrogen and oxygen atoms in total. The van der Waals surface area contributed by atoms with Gasteiger partial charge in [-0.3, -0.25) is 4.79 Å². The maximum Gasteiger partial charge on any atom is 0.305 e. The van der Waals surface area contributed by atoms with E-state index < -0.39 is 0 Å². The Kier molecular flexibility index (Phi) is 9.07. The average molecular weight is 216 g/mol. The van der Waals surface area contributed by atoms with E-state index in [0.717, 1.165) is 6.42 Å². The second-order valence-corrected chi connectivity index (χ2v) is 3.56. The van der Waals surface area contributed by atoms with Crippen molar-refractivity contribution in [1.82, 2.24) is 0 Å². The molecule has 0 aromatic heterocycles. The fourth-order valence-electron chi connectivity index (χ4n) is 1.12. The molecule has 1 N–H and O–H groups in total. The summed E-state index contributed by atoms with van der Waals surface area (Å²) in [6, 6.07) is 0. The standard InChI is InChI=1S/C11H20O4/c1-10(13)6-2-3-7-11(14)15-9-5-4-8-12/h12H,2-9H2,1H3. The molecule has 0 aliphatic heterocycles. The number of carbonyl (C=O) groups excluding carboxylic acids is 2. The number of hydrogen-bond acceptors (Lipinski definition) is 4. The molecule has 0 atom stereocenters. The number of rotatable bonds is 9. The fraction of sp³-hybridized carbons (Fsp3) is 0.818. The van der Waals surface area contributed by atoms with Crippen molar-refractivity contribution in [3.63, 3.8) is 0 Å². The lowest BCUT2D eigenvalue weighted by Crippen LogP contribution is -2.06. The van der Waals surface area contributed by atoms with Crippen molar-refractivity contribution < 1.29 is 19.4 Å². The van der Waals surface area contributed by atoms with Crippen LogP contribution in [0.1, 0.15) is 45.4 Å². The summed E-state index contributed by atoms with van der Waals surface area (Å²) in [7, 11) is 0. The summed E-state index contributed by atoms with van der Waals surface area (Å²) in [6.07, 6.45) is 3.75. The number of ether oxygens (including phenoxy) is 1. The van der Waals surface area contributed by atoms with Gasteiger partial charge in [-0.2, -0.15) is 0 Å². The first-order chi connectivity index (χ1) is 7.16. The van der Waals surface area contributed by atoms with Gasteiger partial charge in [0.2, 0.25) is 0 Å². The van der Waals surface area contributed by atoms with Crippen molar-refractivity contribution in [2.75, 3.05) is 13.2 Å². The highest BCUT2D eigenvalue weighted by molar-refractivity contribution is 5.75. The van der Waals surface area contributed by atoms with Gasteiger partial charge in [-0.25, -0.2) is 0 Å². The summed E-state index contributed by atoms with van der Waals surface area (Å²) in [5.74, 6) is -0.0530. The van der Waals surface area contributed by atoms with Gasteiger partial charge >= 0.3 is 5.97 Å². The first-order valence-electron chi connectivity index (χ1n) is 5.42. The molecule has 0 unspecified atom stereocenters. The van der Waals surface area contributed by atoms with Gasteiger partial charge in [-0.1, -0.05) is 0 Å². The van der Waals surface area contributed by atoms with E-state index in [1.807, 2.05) is 0 Å². The summed E-state index contributed by atoms with van der Waals surface area (Å²) in [4.78, 5) is 21.7. The zero-order valence-electron chi connectivity index (χ0n) is 9.33. The highest BCUT2D eigenvalue weighted by Crippen LogP contribution is 2.02. The zero-order chi connectivity index (χ0) is 11.5. The Balaban J connectivity index is 3.22. The molecule has 0 saturated heterocycles. The number of unbranched alkanes of at least 4 members (excludes halogenated alkanes) is 2. The van der Waals surface area contributed by atoms with Gasteiger partial charge < -0.3 is 14.6 Å². The average Bonchev–Trinajstić information content (AvgIpc) is 2.19. The topological polar surface area (TPSA) is 63.6 Å². The minimum atomic E-state index is -0.212. The number of ketones is 1. The molecular weight excluding hydrogens is 196 g/mol. The van der Waals surface area contributed by atoms with Crippen molar-refractivity contribution >= 4 is 11.8 Å². The van der Waals surface area contributed by atoms with Crippen LogP contribution in [-0.2, 0) is 14.3 Å². The Hall–Kier alpha value is -0.900. The zero-order valence-corrected chi connectivity index (χ0v) is 9.33. The van der Waals surface area contributed by atoms with Crippen molar-refractivity contribution in [2.24, 2.45) is 0 Å². The highest BCUT2D eigenvalue weighted by Gasteiger charge is 2.02. The van der Waals surface area contributed by atoms with Crippen LogP contribution in [0.4, 0.5) is 0 Å². The van der Waals surface area contributed by atoms with Crippen molar-refractivity contribution in [3.05, 3.63) is 0 Å². The smallest absolute Gasteiger partial charge is 0.305 e. The Morgan fingerprint density at radius 3 is 2.33 bits per heavy atom. The largest absolute Gasteiger partial charge is 0.466 e. The minimum Gasteiger partial charge on any atom is -0.466 e. The summed E-state index contributed by atoms with van der Waals surface area (Å²) in [5, 5.41) is 8.48. The van der Waals surface area contributed by atoms with E-state index in [-0.39, 0.29) is 18.4 Å². The summed E-state index contributed by atoms with van der Waals surface area (Å²) in [6.45, 7) is 2.06. The molecule has 0 saturated carbocycles. The molecule has 0 amide bonds. The Bertz CT molecular complexity index is 189. The third-order valence-corrected chi connectivity index (χ3v) is 1.98. The third kappa shape index (κ3) is 11.0. The van der Waals surface area contributed by atoms with E-state index in [9.17, 15) is 9.59 Å². The Morgan fingerprint density at radius 1 is 1.07 bits per heavy atom. The predicted octanol–water partition coefficient (Wildman–Crippen LogP) is 1.45. The lowest BCUT2D eigenvalue weighted by molar-refractivity contribution is -0.144. The van der Waals surface area contributed by atoms with Crippen LogP contribution in [0.5, 0.6) is 0 Å². The van der Waals surface area contributed by atoms with Crippen LogP contribution in [0.3, 0.4) is 0 Å². The molecule has 0 radical (unpaired) electrons. The maximum absolute atomic E-state index is 11.1. The van der Waals surface area contributed by atoms with Gasteiger partial charge in [0.05, 0.1) is 6.61 Å². The first-order valence-corrected chi connectivity index (χ1v) is 5.42. The van der Waals surface area contributed by atoms with Gasteiger partial charge in [-0.15, -0.1) is 0 Å². The molecule has 0 aromatic rings. The van der Waals surface area contributed by atoms with Crippen LogP contribution in [0.25, 0.3) is 0 Å². The maximum atomic E-state index is 11.1. The molecule has 4 heteroatoms. The molecule has 0 fully saturated rings. The monoisotopic (exact) mass is 216 g/mol. The number of aliphatic hydroxyl groups is 1. The van der Waals surface area contributed by atoms with Crippen molar-refractivity contribution in [1.29, 1.82) is 0 Å². The Labute approximate surface area is 90.6 Å². The second-order valence-electron chi connectivity index (χ2n) is 3.56. The highest BCUT2D eigenvalue weighted by atomic mass is 16.5. The minimum absolute atomic E-state index is 0.135. The molecule has 0 aliphatic carbocycles. The fourth-order valence-corrected chi connectivity index (χ4v) is 1.12. The summed E-state index contributed by atoms with van der Waals surface area (Å²) >= 11 is 0. The first kappa shape index (κ1) is 14.1. The van der Waals surface area contributed by atoms with E-state index in [2.05, 4.69) is 0 Å². The van der Waals surface area contributed by atoms with Crippen LogP contribution < -0.4 is 0 Å². The van der Waals surface area contributed by atoms with Crippen molar-refractivity contribution in [3.8, 4) is 0 Å². The molecule has 0 heterocycles. The number of hydrogen-bond donors (Lipinski definition) is 1. The second kappa shape index (κ2) is 9.65. The van der Waals surface area contributed by atoms with Crippen LogP contribution in [0.15, 0.2) is 0 Å². The number of aliphatic hydroxyl groups excluding tert-OH is 1. The summed E-state index contributed by atoms with van der Waals surface area (Å²) in [5.41, 5.74) is 0. The van der Waals surface area contributed by atoms with Gasteiger partial charge in [0.1, 0.15) is 5.78 Å². The molecular formula is C11H20O4. The molecule has 0 spiro atoms. The Morgan fingerprint density at radius 2 is 1.73 bits per heavy atom. The molecule has 15 heavy (non-hydrogen) atoms. The molecule has 0 rings (SSSR count). The normalized spacial score (nSPS) is 10.0. The molecule has 0 aliphatic rings. The van der Waals surface area contributed by atoms with E-state index in [4.69, 9.17) is 9.84 Å². The van der Waals surface area contributed by atoms with E-state index >= 15 is 0 Å². The molecule has 0 bridgehead atoms. The predicted molar refractivity (Wildman–Crippen MR) is 56.4 cm³/mol. The van der Waals surface area contributed by atoms with Gasteiger partial charge in [0.25, 0.3) is 0 Å². The quantitative estimate of drug-likeness (QED) is 0.468. The SMILES string of the molecule is CC(=O)CCCCC(=O)OCCCCO. The van der Waals surface area contributed by atoms with Crippen LogP contribution in [-0.4, -0.2) is 30.1 Å².